The highest BCUT2D eigenvalue weighted by Crippen LogP contribution is 2.34. The lowest BCUT2D eigenvalue weighted by molar-refractivity contribution is 0.0196. The summed E-state index contributed by atoms with van der Waals surface area (Å²) in [7, 11) is -3.51. The van der Waals surface area contributed by atoms with Crippen LogP contribution >= 0.6 is 0 Å². The van der Waals surface area contributed by atoms with E-state index in [1.54, 1.807) is 30.6 Å². The van der Waals surface area contributed by atoms with Crippen molar-refractivity contribution < 1.29 is 22.3 Å². The van der Waals surface area contributed by atoms with Crippen molar-refractivity contribution >= 4 is 27.3 Å². The Morgan fingerprint density at radius 2 is 1.90 bits per heavy atom. The molecule has 42 heavy (non-hydrogen) atoms. The summed E-state index contributed by atoms with van der Waals surface area (Å²) in [4.78, 5) is 13.3. The molecule has 0 amide bonds. The zero-order valence-electron chi connectivity index (χ0n) is 22.9. The smallest absolute Gasteiger partial charge is 0.257 e. The molecule has 0 aliphatic heterocycles. The first-order chi connectivity index (χ1) is 20.1. The van der Waals surface area contributed by atoms with E-state index in [9.17, 15) is 22.3 Å². The number of aromatic nitrogens is 7. The molecule has 0 aromatic carbocycles. The molecule has 0 atom stereocenters. The molecule has 15 heteroatoms. The van der Waals surface area contributed by atoms with Gasteiger partial charge in [-0.05, 0) is 57.6 Å². The van der Waals surface area contributed by atoms with E-state index >= 15 is 0 Å². The predicted octanol–water partition coefficient (Wildman–Crippen LogP) is 4.05. The minimum atomic E-state index is -3.51. The van der Waals surface area contributed by atoms with Gasteiger partial charge in [0, 0.05) is 41.9 Å². The fourth-order valence-corrected chi connectivity index (χ4v) is 6.45. The maximum atomic E-state index is 12.9. The fraction of sp³-hybridized carbons (Fsp3) is 0.444. The van der Waals surface area contributed by atoms with Crippen molar-refractivity contribution in [3.05, 3.63) is 49.2 Å². The molecule has 2 fully saturated rings. The first-order valence-electron chi connectivity index (χ1n) is 13.8. The van der Waals surface area contributed by atoms with Gasteiger partial charge in [-0.3, -0.25) is 4.68 Å². The number of nitrogens with zero attached hydrogens (tertiary/aromatic N) is 7. The summed E-state index contributed by atoms with van der Waals surface area (Å²) in [5.74, 6) is 1.19. The molecule has 6 rings (SSSR count). The Balaban J connectivity index is 1.25. The number of hydrogen-bond donors (Lipinski definition) is 3. The molecule has 0 spiro atoms. The van der Waals surface area contributed by atoms with Crippen molar-refractivity contribution in [1.82, 2.24) is 33.9 Å². The van der Waals surface area contributed by atoms with E-state index < -0.39 is 33.8 Å². The van der Waals surface area contributed by atoms with Crippen LogP contribution in [0.25, 0.3) is 22.6 Å². The lowest BCUT2D eigenvalue weighted by Gasteiger charge is -2.34. The van der Waals surface area contributed by atoms with E-state index in [0.29, 0.717) is 65.7 Å². The summed E-state index contributed by atoms with van der Waals surface area (Å²) in [6.45, 7) is 1.33. The van der Waals surface area contributed by atoms with Crippen LogP contribution in [-0.4, -0.2) is 70.8 Å². The Bertz CT molecular complexity index is 1680. The number of alkyl halides is 2. The van der Waals surface area contributed by atoms with Gasteiger partial charge in [0.15, 0.2) is 5.82 Å². The molecule has 12 nitrogen and oxygen atoms in total. The van der Waals surface area contributed by atoms with E-state index in [4.69, 9.17) is 0 Å². The molecule has 0 saturated heterocycles. The zero-order chi connectivity index (χ0) is 29.5. The van der Waals surface area contributed by atoms with Crippen molar-refractivity contribution in [2.45, 2.75) is 75.3 Å². The summed E-state index contributed by atoms with van der Waals surface area (Å²) in [6, 6.07) is 5.23. The van der Waals surface area contributed by atoms with E-state index in [-0.39, 0.29) is 6.04 Å². The van der Waals surface area contributed by atoms with Crippen molar-refractivity contribution in [2.75, 3.05) is 10.6 Å². The quantitative estimate of drug-likeness (QED) is 0.243. The van der Waals surface area contributed by atoms with Crippen LogP contribution in [0.2, 0.25) is 0 Å². The second-order valence-corrected chi connectivity index (χ2v) is 13.2. The number of nitrogens with one attached hydrogen (secondary N) is 2. The van der Waals surface area contributed by atoms with Gasteiger partial charge in [-0.1, -0.05) is 0 Å². The fourth-order valence-electron chi connectivity index (χ4n) is 4.98. The third-order valence-corrected chi connectivity index (χ3v) is 9.54. The van der Waals surface area contributed by atoms with Gasteiger partial charge in [0.25, 0.3) is 16.4 Å². The van der Waals surface area contributed by atoms with E-state index in [2.05, 4.69) is 35.8 Å². The lowest BCUT2D eigenvalue weighted by Crippen LogP contribution is -2.35. The molecule has 4 aromatic rings. The number of aliphatic hydroxyl groups is 1. The van der Waals surface area contributed by atoms with Gasteiger partial charge in [-0.25, -0.2) is 32.2 Å². The molecule has 222 valence electrons. The molecule has 2 aliphatic rings. The van der Waals surface area contributed by atoms with Crippen molar-refractivity contribution in [2.24, 2.45) is 0 Å². The Morgan fingerprint density at radius 3 is 2.64 bits per heavy atom. The number of halogens is 2. The van der Waals surface area contributed by atoms with Crippen LogP contribution in [0.5, 0.6) is 0 Å². The highest BCUT2D eigenvalue weighted by molar-refractivity contribution is 7.90. The van der Waals surface area contributed by atoms with Crippen LogP contribution in [-0.2, 0) is 16.6 Å². The Labute approximate surface area is 241 Å². The molecule has 2 aliphatic carbocycles. The Hall–Kier alpha value is -3.98. The van der Waals surface area contributed by atoms with Crippen LogP contribution in [0.4, 0.5) is 26.1 Å². The van der Waals surface area contributed by atoms with Gasteiger partial charge in [-0.2, -0.15) is 14.3 Å². The van der Waals surface area contributed by atoms with Crippen molar-refractivity contribution in [3.63, 3.8) is 0 Å². The van der Waals surface area contributed by atoms with Crippen LogP contribution in [0.15, 0.2) is 49.2 Å². The number of pyridine rings is 1. The first kappa shape index (κ1) is 28.2. The molecular formula is C27H31F2N9O3S. The first-order valence-corrected chi connectivity index (χ1v) is 15.3. The average Bonchev–Trinajstić information content (AvgIpc) is 3.52. The van der Waals surface area contributed by atoms with Gasteiger partial charge >= 0.3 is 0 Å². The molecular weight excluding hydrogens is 568 g/mol. The van der Waals surface area contributed by atoms with E-state index in [1.807, 2.05) is 6.92 Å². The molecule has 4 aromatic heterocycles. The van der Waals surface area contributed by atoms with Gasteiger partial charge in [0.2, 0.25) is 0 Å². The normalized spacial score (nSPS) is 21.0. The molecule has 3 N–H and O–H groups in total. The lowest BCUT2D eigenvalue weighted by atomic mass is 9.83. The zero-order valence-corrected chi connectivity index (χ0v) is 23.7. The Morgan fingerprint density at radius 1 is 1.12 bits per heavy atom. The monoisotopic (exact) mass is 599 g/mol. The highest BCUT2D eigenvalue weighted by Gasteiger charge is 2.37. The summed E-state index contributed by atoms with van der Waals surface area (Å²) in [6.07, 6.45) is 9.09. The molecule has 0 unspecified atom stereocenters. The predicted molar refractivity (Wildman–Crippen MR) is 152 cm³/mol. The van der Waals surface area contributed by atoms with E-state index in [0.717, 1.165) is 16.9 Å². The van der Waals surface area contributed by atoms with Gasteiger partial charge in [0.05, 0.1) is 34.5 Å². The average molecular weight is 600 g/mol. The summed E-state index contributed by atoms with van der Waals surface area (Å²) >= 11 is 0. The Kier molecular flexibility index (Phi) is 7.39. The minimum absolute atomic E-state index is 0.0940. The third kappa shape index (κ3) is 6.26. The highest BCUT2D eigenvalue weighted by atomic mass is 32.2. The molecule has 0 radical (unpaired) electrons. The third-order valence-electron chi connectivity index (χ3n) is 7.50. The van der Waals surface area contributed by atoms with Crippen LogP contribution < -0.4 is 10.6 Å². The van der Waals surface area contributed by atoms with Gasteiger partial charge in [0.1, 0.15) is 18.2 Å². The number of rotatable bonds is 10. The summed E-state index contributed by atoms with van der Waals surface area (Å²) in [5, 5.41) is 25.0. The minimum Gasteiger partial charge on any atom is -0.390 e. The van der Waals surface area contributed by atoms with Gasteiger partial charge < -0.3 is 15.7 Å². The number of anilines is 3. The van der Waals surface area contributed by atoms with Crippen LogP contribution in [0.1, 0.15) is 45.4 Å². The van der Waals surface area contributed by atoms with Crippen molar-refractivity contribution in [1.29, 1.82) is 0 Å². The largest absolute Gasteiger partial charge is 0.390 e. The number of hydrogen-bond acceptors (Lipinski definition) is 10. The molecule has 4 heterocycles. The van der Waals surface area contributed by atoms with Crippen LogP contribution in [0.3, 0.4) is 0 Å². The summed E-state index contributed by atoms with van der Waals surface area (Å²) in [5.41, 5.74) is 1.63. The van der Waals surface area contributed by atoms with E-state index in [1.165, 1.54) is 23.3 Å². The SMILES string of the molecule is CC1(O)CCC(Nc2cc(Nc3ccnc(-c4cnn(S(=O)(=O)C5CC5)c4)n3)ncc2-c2ccn(CC(F)F)n2)CC1. The van der Waals surface area contributed by atoms with Crippen molar-refractivity contribution in [3.8, 4) is 22.6 Å². The van der Waals surface area contributed by atoms with Crippen LogP contribution in [0, 0.1) is 0 Å². The second kappa shape index (κ2) is 11.0. The maximum Gasteiger partial charge on any atom is 0.257 e. The maximum absolute atomic E-state index is 12.9. The molecule has 0 bridgehead atoms. The second-order valence-electron chi connectivity index (χ2n) is 11.1. The van der Waals surface area contributed by atoms with Gasteiger partial charge in [-0.15, -0.1) is 0 Å². The molecule has 2 saturated carbocycles. The summed E-state index contributed by atoms with van der Waals surface area (Å²) < 4.78 is 53.0. The topological polar surface area (TPSA) is 153 Å². The standard InChI is InChI=1S/C27H31F2N9O3S/c1-27(39)8-4-18(5-9-27)33-22-12-25(31-14-20(22)21-7-11-37(36-21)16-23(28)29)34-24-6-10-30-26(35-24)17-13-32-38(15-17)42(40,41)19-2-3-19/h6-7,10-15,18-19,23,39H,2-5,8-9,16H2,1H3,(H2,30,31,33,34,35).